The Morgan fingerprint density at radius 2 is 2.04 bits per heavy atom. The first kappa shape index (κ1) is 18.2. The predicted molar refractivity (Wildman–Crippen MR) is 102 cm³/mol. The summed E-state index contributed by atoms with van der Waals surface area (Å²) in [5.74, 6) is 1.36. The Bertz CT molecular complexity index is 892. The van der Waals surface area contributed by atoms with E-state index in [1.165, 1.54) is 5.56 Å². The van der Waals surface area contributed by atoms with Crippen LogP contribution in [-0.2, 0) is 11.2 Å². The van der Waals surface area contributed by atoms with Gasteiger partial charge >= 0.3 is 0 Å². The quantitative estimate of drug-likeness (QED) is 0.697. The van der Waals surface area contributed by atoms with Crippen LogP contribution >= 0.6 is 0 Å². The molecule has 0 aliphatic carbocycles. The van der Waals surface area contributed by atoms with Crippen molar-refractivity contribution in [2.45, 2.75) is 40.0 Å². The van der Waals surface area contributed by atoms with Crippen LogP contribution in [-0.4, -0.2) is 39.5 Å². The fourth-order valence-corrected chi connectivity index (χ4v) is 3.16. The van der Waals surface area contributed by atoms with Crippen molar-refractivity contribution in [3.05, 3.63) is 35.7 Å². The van der Waals surface area contributed by atoms with E-state index in [2.05, 4.69) is 34.2 Å². The van der Waals surface area contributed by atoms with Crippen molar-refractivity contribution in [1.29, 1.82) is 0 Å². The van der Waals surface area contributed by atoms with Crippen molar-refractivity contribution in [2.75, 3.05) is 13.6 Å². The van der Waals surface area contributed by atoms with Crippen molar-refractivity contribution < 1.29 is 9.32 Å². The highest BCUT2D eigenvalue weighted by atomic mass is 16.5. The monoisotopic (exact) mass is 354 g/mol. The van der Waals surface area contributed by atoms with E-state index in [0.29, 0.717) is 24.7 Å². The summed E-state index contributed by atoms with van der Waals surface area (Å²) in [5.41, 5.74) is 3.06. The average Bonchev–Trinajstić information content (AvgIpc) is 3.26. The Balaban J connectivity index is 1.66. The highest BCUT2D eigenvalue weighted by molar-refractivity contribution is 5.85. The van der Waals surface area contributed by atoms with E-state index in [4.69, 9.17) is 4.52 Å². The number of nitrogens with one attached hydrogen (secondary N) is 1. The molecule has 0 aliphatic heterocycles. The first-order chi connectivity index (χ1) is 12.5. The molecule has 0 spiro atoms. The summed E-state index contributed by atoms with van der Waals surface area (Å²) >= 11 is 0. The Hall–Kier alpha value is -2.63. The molecule has 1 aromatic carbocycles. The second-order valence-corrected chi connectivity index (χ2v) is 6.81. The topological polar surface area (TPSA) is 75.0 Å². The fraction of sp³-hybridized carbons (Fsp3) is 0.450. The van der Waals surface area contributed by atoms with E-state index in [0.717, 1.165) is 29.4 Å². The average molecular weight is 354 g/mol. The van der Waals surface area contributed by atoms with Gasteiger partial charge < -0.3 is 14.4 Å². The standard InChI is InChI=1S/C20H26N4O2/c1-5-14(6-2)20(25)24(4)10-9-18-22-19(26-23-18)17-12-15-11-13(3)7-8-16(15)21-17/h7-8,11-12,14,21H,5-6,9-10H2,1-4H3. The number of hydrogen-bond donors (Lipinski definition) is 1. The molecule has 1 N–H and O–H groups in total. The van der Waals surface area contributed by atoms with Crippen molar-refractivity contribution in [2.24, 2.45) is 5.92 Å². The van der Waals surface area contributed by atoms with Crippen LogP contribution < -0.4 is 0 Å². The van der Waals surface area contributed by atoms with E-state index >= 15 is 0 Å². The normalized spacial score (nSPS) is 11.4. The SMILES string of the molecule is CCC(CC)C(=O)N(C)CCc1noc(-c2cc3cc(C)ccc3[nH]2)n1. The number of rotatable bonds is 7. The number of fused-ring (bicyclic) bond motifs is 1. The van der Waals surface area contributed by atoms with Crippen molar-refractivity contribution in [1.82, 2.24) is 20.0 Å². The molecule has 2 aromatic heterocycles. The number of carbonyl (C=O) groups is 1. The number of aromatic amines is 1. The van der Waals surface area contributed by atoms with Gasteiger partial charge in [-0.1, -0.05) is 30.6 Å². The summed E-state index contributed by atoms with van der Waals surface area (Å²) in [7, 11) is 1.83. The maximum atomic E-state index is 12.3. The molecule has 0 aliphatic rings. The van der Waals surface area contributed by atoms with Crippen LogP contribution in [0.25, 0.3) is 22.5 Å². The van der Waals surface area contributed by atoms with E-state index in [1.807, 2.05) is 33.0 Å². The molecule has 0 atom stereocenters. The molecule has 0 radical (unpaired) electrons. The summed E-state index contributed by atoms with van der Waals surface area (Å²) in [5, 5.41) is 5.17. The number of carbonyl (C=O) groups excluding carboxylic acids is 1. The first-order valence-corrected chi connectivity index (χ1v) is 9.19. The lowest BCUT2D eigenvalue weighted by molar-refractivity contribution is -0.134. The van der Waals surface area contributed by atoms with Gasteiger partial charge in [-0.2, -0.15) is 4.98 Å². The number of benzene rings is 1. The first-order valence-electron chi connectivity index (χ1n) is 9.19. The Labute approximate surface area is 153 Å². The molecule has 2 heterocycles. The third-order valence-electron chi connectivity index (χ3n) is 4.86. The van der Waals surface area contributed by atoms with Crippen molar-refractivity contribution >= 4 is 16.8 Å². The Kier molecular flexibility index (Phi) is 5.40. The molecule has 1 amide bonds. The van der Waals surface area contributed by atoms with Crippen LogP contribution in [0.2, 0.25) is 0 Å². The van der Waals surface area contributed by atoms with Crippen molar-refractivity contribution in [3.63, 3.8) is 0 Å². The second kappa shape index (κ2) is 7.72. The van der Waals surface area contributed by atoms with Gasteiger partial charge in [-0.25, -0.2) is 0 Å². The van der Waals surface area contributed by atoms with Gasteiger partial charge in [0.15, 0.2) is 5.82 Å². The molecule has 26 heavy (non-hydrogen) atoms. The second-order valence-electron chi connectivity index (χ2n) is 6.81. The minimum absolute atomic E-state index is 0.0932. The van der Waals surface area contributed by atoms with E-state index in [-0.39, 0.29) is 11.8 Å². The van der Waals surface area contributed by atoms with Gasteiger partial charge in [0, 0.05) is 36.8 Å². The number of hydrogen-bond acceptors (Lipinski definition) is 4. The maximum absolute atomic E-state index is 12.3. The maximum Gasteiger partial charge on any atom is 0.274 e. The lowest BCUT2D eigenvalue weighted by Crippen LogP contribution is -2.34. The van der Waals surface area contributed by atoms with E-state index < -0.39 is 0 Å². The van der Waals surface area contributed by atoms with Gasteiger partial charge in [0.2, 0.25) is 5.91 Å². The van der Waals surface area contributed by atoms with Gasteiger partial charge in [0.1, 0.15) is 5.69 Å². The van der Waals surface area contributed by atoms with E-state index in [9.17, 15) is 4.79 Å². The molecular formula is C20H26N4O2. The zero-order valence-corrected chi connectivity index (χ0v) is 15.9. The molecule has 0 saturated heterocycles. The van der Waals surface area contributed by atoms with Gasteiger partial charge in [0.05, 0.1) is 0 Å². The summed E-state index contributed by atoms with van der Waals surface area (Å²) in [6.45, 7) is 6.75. The number of aryl methyl sites for hydroxylation is 1. The summed E-state index contributed by atoms with van der Waals surface area (Å²) < 4.78 is 5.40. The smallest absolute Gasteiger partial charge is 0.274 e. The molecule has 6 nitrogen and oxygen atoms in total. The molecule has 0 bridgehead atoms. The number of aromatic nitrogens is 3. The minimum atomic E-state index is 0.0932. The summed E-state index contributed by atoms with van der Waals surface area (Å²) in [4.78, 5) is 21.9. The fourth-order valence-electron chi connectivity index (χ4n) is 3.16. The van der Waals surface area contributed by atoms with Gasteiger partial charge in [-0.3, -0.25) is 4.79 Å². The van der Waals surface area contributed by atoms with Crippen LogP contribution in [0.5, 0.6) is 0 Å². The lowest BCUT2D eigenvalue weighted by Gasteiger charge is -2.21. The zero-order chi connectivity index (χ0) is 18.7. The van der Waals surface area contributed by atoms with Crippen LogP contribution in [0.4, 0.5) is 0 Å². The number of likely N-dealkylation sites (N-methyl/N-ethyl adjacent to an activating group) is 1. The third kappa shape index (κ3) is 3.79. The van der Waals surface area contributed by atoms with Gasteiger partial charge in [-0.15, -0.1) is 0 Å². The van der Waals surface area contributed by atoms with Crippen molar-refractivity contribution in [3.8, 4) is 11.6 Å². The predicted octanol–water partition coefficient (Wildman–Crippen LogP) is 3.96. The summed E-state index contributed by atoms with van der Waals surface area (Å²) in [6.07, 6.45) is 2.31. The molecule has 3 aromatic rings. The summed E-state index contributed by atoms with van der Waals surface area (Å²) in [6, 6.07) is 8.24. The van der Waals surface area contributed by atoms with Gasteiger partial charge in [-0.05, 0) is 38.0 Å². The zero-order valence-electron chi connectivity index (χ0n) is 15.9. The minimum Gasteiger partial charge on any atom is -0.351 e. The number of amides is 1. The lowest BCUT2D eigenvalue weighted by atomic mass is 10.0. The Morgan fingerprint density at radius 3 is 2.77 bits per heavy atom. The van der Waals surface area contributed by atoms with E-state index in [1.54, 1.807) is 4.90 Å². The van der Waals surface area contributed by atoms with Crippen LogP contribution in [0.3, 0.4) is 0 Å². The highest BCUT2D eigenvalue weighted by Crippen LogP contribution is 2.23. The molecule has 0 unspecified atom stereocenters. The van der Waals surface area contributed by atoms with Crippen LogP contribution in [0.15, 0.2) is 28.8 Å². The molecular weight excluding hydrogens is 328 g/mol. The third-order valence-corrected chi connectivity index (χ3v) is 4.86. The largest absolute Gasteiger partial charge is 0.351 e. The highest BCUT2D eigenvalue weighted by Gasteiger charge is 2.19. The number of H-pyrrole nitrogens is 1. The molecule has 0 saturated carbocycles. The molecule has 0 fully saturated rings. The molecule has 6 heteroatoms. The Morgan fingerprint density at radius 1 is 1.27 bits per heavy atom. The van der Waals surface area contributed by atoms with Gasteiger partial charge in [0.25, 0.3) is 5.89 Å². The van der Waals surface area contributed by atoms with Crippen LogP contribution in [0.1, 0.15) is 38.1 Å². The number of nitrogens with zero attached hydrogens (tertiary/aromatic N) is 3. The molecule has 138 valence electrons. The van der Waals surface area contributed by atoms with Crippen LogP contribution in [0, 0.1) is 12.8 Å². The molecule has 3 rings (SSSR count).